The van der Waals surface area contributed by atoms with Gasteiger partial charge in [0.05, 0.1) is 5.92 Å². The highest BCUT2D eigenvalue weighted by Gasteiger charge is 2.18. The molecule has 5 nitrogen and oxygen atoms in total. The van der Waals surface area contributed by atoms with Crippen LogP contribution in [-0.2, 0) is 14.4 Å². The van der Waals surface area contributed by atoms with Crippen LogP contribution in [0.5, 0.6) is 0 Å². The van der Waals surface area contributed by atoms with Gasteiger partial charge < -0.3 is 10.2 Å². The van der Waals surface area contributed by atoms with Crippen molar-refractivity contribution in [1.29, 1.82) is 0 Å². The Hall–Kier alpha value is -1.39. The predicted molar refractivity (Wildman–Crippen MR) is 136 cm³/mol. The summed E-state index contributed by atoms with van der Waals surface area (Å²) in [5.41, 5.74) is 0. The number of Topliss-reactive ketones (excluding diaryl/α,β-unsaturated/α-hetero) is 1. The monoisotopic (exact) mass is 468 g/mol. The summed E-state index contributed by atoms with van der Waals surface area (Å²) in [6, 6.07) is 0. The third kappa shape index (κ3) is 23.6. The van der Waals surface area contributed by atoms with E-state index in [0.29, 0.717) is 19.3 Å². The largest absolute Gasteiger partial charge is 0.481 e. The van der Waals surface area contributed by atoms with Crippen LogP contribution in [0.25, 0.3) is 0 Å². The molecule has 0 amide bonds. The molecular weight excluding hydrogens is 416 g/mol. The van der Waals surface area contributed by atoms with Gasteiger partial charge in [-0.25, -0.2) is 0 Å². The number of aliphatic carboxylic acids is 2. The first-order valence-corrected chi connectivity index (χ1v) is 13.9. The van der Waals surface area contributed by atoms with Crippen molar-refractivity contribution in [3.63, 3.8) is 0 Å². The van der Waals surface area contributed by atoms with Gasteiger partial charge in [0.2, 0.25) is 0 Å². The van der Waals surface area contributed by atoms with Crippen molar-refractivity contribution in [2.75, 3.05) is 0 Å². The molecule has 0 fully saturated rings. The average molecular weight is 469 g/mol. The predicted octanol–water partition coefficient (Wildman–Crippen LogP) is 8.33. The van der Waals surface area contributed by atoms with Crippen molar-refractivity contribution in [3.05, 3.63) is 0 Å². The molecule has 0 aromatic rings. The van der Waals surface area contributed by atoms with Gasteiger partial charge in [-0.1, -0.05) is 116 Å². The van der Waals surface area contributed by atoms with E-state index < -0.39 is 17.9 Å². The number of unbranched alkanes of at least 4 members (excludes halogenated alkanes) is 18. The number of hydrogen-bond acceptors (Lipinski definition) is 3. The second kappa shape index (κ2) is 23.8. The molecule has 2 N–H and O–H groups in total. The summed E-state index contributed by atoms with van der Waals surface area (Å²) in [6.45, 7) is 1.83. The molecule has 0 saturated carbocycles. The van der Waals surface area contributed by atoms with Gasteiger partial charge in [-0.3, -0.25) is 14.4 Å². The summed E-state index contributed by atoms with van der Waals surface area (Å²) >= 11 is 0. The lowest BCUT2D eigenvalue weighted by molar-refractivity contribution is -0.144. The average Bonchev–Trinajstić information content (AvgIpc) is 2.78. The maximum atomic E-state index is 11.8. The van der Waals surface area contributed by atoms with Gasteiger partial charge >= 0.3 is 11.9 Å². The number of hydrogen-bond donors (Lipinski definition) is 2. The van der Waals surface area contributed by atoms with Crippen LogP contribution in [0.2, 0.25) is 0 Å². The van der Waals surface area contributed by atoms with Crippen LogP contribution in [0.1, 0.15) is 155 Å². The summed E-state index contributed by atoms with van der Waals surface area (Å²) in [5, 5.41) is 17.6. The fourth-order valence-electron chi connectivity index (χ4n) is 4.39. The molecule has 0 aliphatic carbocycles. The highest BCUT2D eigenvalue weighted by atomic mass is 16.4. The Bertz CT molecular complexity index is 489. The first-order valence-electron chi connectivity index (χ1n) is 13.9. The normalized spacial score (nSPS) is 12.0. The minimum Gasteiger partial charge on any atom is -0.481 e. The molecular formula is C28H52O5. The summed E-state index contributed by atoms with van der Waals surface area (Å²) in [4.78, 5) is 33.3. The molecule has 0 rings (SSSR count). The molecule has 0 unspecified atom stereocenters. The van der Waals surface area contributed by atoms with Crippen molar-refractivity contribution in [2.45, 2.75) is 155 Å². The van der Waals surface area contributed by atoms with Gasteiger partial charge in [0, 0.05) is 19.3 Å². The standard InChI is InChI=1S/C28H52O5/c1-2-25(28(32)33)24-26(29)22-20-18-16-14-12-10-8-6-4-3-5-7-9-11-13-15-17-19-21-23-27(30)31/h25H,2-24H2,1H3,(H,30,31)(H,32,33)/t25-/m1/s1. The Morgan fingerprint density at radius 1 is 0.515 bits per heavy atom. The lowest BCUT2D eigenvalue weighted by Gasteiger charge is -2.08. The summed E-state index contributed by atoms with van der Waals surface area (Å²) in [5.74, 6) is -1.92. The lowest BCUT2D eigenvalue weighted by Crippen LogP contribution is -2.17. The zero-order valence-corrected chi connectivity index (χ0v) is 21.5. The maximum Gasteiger partial charge on any atom is 0.306 e. The lowest BCUT2D eigenvalue weighted by atomic mass is 9.97. The van der Waals surface area contributed by atoms with E-state index >= 15 is 0 Å². The molecule has 194 valence electrons. The van der Waals surface area contributed by atoms with Gasteiger partial charge in [-0.2, -0.15) is 0 Å². The first-order chi connectivity index (χ1) is 16.0. The van der Waals surface area contributed by atoms with E-state index in [1.165, 1.54) is 96.3 Å². The number of carboxylic acid groups (broad SMARTS) is 2. The van der Waals surface area contributed by atoms with Gasteiger partial charge in [-0.05, 0) is 19.3 Å². The van der Waals surface area contributed by atoms with Crippen molar-refractivity contribution < 1.29 is 24.6 Å². The highest BCUT2D eigenvalue weighted by molar-refractivity contribution is 5.83. The van der Waals surface area contributed by atoms with E-state index in [0.717, 1.165) is 25.7 Å². The van der Waals surface area contributed by atoms with Gasteiger partial charge in [0.15, 0.2) is 0 Å². The number of rotatable bonds is 26. The van der Waals surface area contributed by atoms with Crippen LogP contribution in [-0.4, -0.2) is 27.9 Å². The number of carboxylic acids is 2. The second-order valence-corrected chi connectivity index (χ2v) is 9.80. The topological polar surface area (TPSA) is 91.7 Å². The van der Waals surface area contributed by atoms with E-state index in [4.69, 9.17) is 10.2 Å². The molecule has 0 aliphatic heterocycles. The van der Waals surface area contributed by atoms with Gasteiger partial charge in [0.1, 0.15) is 5.78 Å². The molecule has 0 aliphatic rings. The van der Waals surface area contributed by atoms with Gasteiger partial charge in [-0.15, -0.1) is 0 Å². The second-order valence-electron chi connectivity index (χ2n) is 9.80. The third-order valence-electron chi connectivity index (χ3n) is 6.66. The Morgan fingerprint density at radius 3 is 1.09 bits per heavy atom. The summed E-state index contributed by atoms with van der Waals surface area (Å²) in [7, 11) is 0. The molecule has 0 aromatic carbocycles. The molecule has 0 saturated heterocycles. The van der Waals surface area contributed by atoms with Crippen molar-refractivity contribution in [3.8, 4) is 0 Å². The van der Waals surface area contributed by atoms with Crippen LogP contribution in [0.3, 0.4) is 0 Å². The number of ketones is 1. The Labute approximate surface area is 203 Å². The minimum atomic E-state index is -0.847. The van der Waals surface area contributed by atoms with E-state index in [1.807, 2.05) is 6.92 Å². The fourth-order valence-corrected chi connectivity index (χ4v) is 4.39. The molecule has 5 heteroatoms. The number of carbonyl (C=O) groups excluding carboxylic acids is 1. The highest BCUT2D eigenvalue weighted by Crippen LogP contribution is 2.16. The molecule has 0 radical (unpaired) electrons. The van der Waals surface area contributed by atoms with Crippen LogP contribution < -0.4 is 0 Å². The molecule has 33 heavy (non-hydrogen) atoms. The number of carbonyl (C=O) groups is 3. The van der Waals surface area contributed by atoms with E-state index in [-0.39, 0.29) is 12.2 Å². The van der Waals surface area contributed by atoms with Crippen LogP contribution in [0, 0.1) is 5.92 Å². The van der Waals surface area contributed by atoms with Gasteiger partial charge in [0.25, 0.3) is 0 Å². The van der Waals surface area contributed by atoms with E-state index in [2.05, 4.69) is 0 Å². The zero-order valence-electron chi connectivity index (χ0n) is 21.5. The summed E-state index contributed by atoms with van der Waals surface area (Å²) < 4.78 is 0. The van der Waals surface area contributed by atoms with Crippen molar-refractivity contribution >= 4 is 17.7 Å². The first kappa shape index (κ1) is 31.6. The SMILES string of the molecule is CC[C@H](CC(=O)CCCCCCCCCCCCCCCCCCCCCC(=O)O)C(=O)O. The Kier molecular flexibility index (Phi) is 22.8. The summed E-state index contributed by atoms with van der Waals surface area (Å²) in [6.07, 6.45) is 25.1. The van der Waals surface area contributed by atoms with Crippen LogP contribution >= 0.6 is 0 Å². The maximum absolute atomic E-state index is 11.8. The van der Waals surface area contributed by atoms with E-state index in [9.17, 15) is 14.4 Å². The van der Waals surface area contributed by atoms with Crippen molar-refractivity contribution in [2.24, 2.45) is 5.92 Å². The third-order valence-corrected chi connectivity index (χ3v) is 6.66. The molecule has 0 aromatic heterocycles. The van der Waals surface area contributed by atoms with E-state index in [1.54, 1.807) is 0 Å². The fraction of sp³-hybridized carbons (Fsp3) is 0.893. The van der Waals surface area contributed by atoms with Crippen LogP contribution in [0.15, 0.2) is 0 Å². The molecule has 1 atom stereocenters. The quantitative estimate of drug-likeness (QED) is 0.124. The molecule has 0 heterocycles. The molecule has 0 spiro atoms. The zero-order chi connectivity index (χ0) is 24.6. The van der Waals surface area contributed by atoms with Crippen LogP contribution in [0.4, 0.5) is 0 Å². The Morgan fingerprint density at radius 2 is 0.818 bits per heavy atom. The Balaban J connectivity index is 3.20. The minimum absolute atomic E-state index is 0.106. The van der Waals surface area contributed by atoms with Crippen molar-refractivity contribution in [1.82, 2.24) is 0 Å². The molecule has 0 bridgehead atoms. The smallest absolute Gasteiger partial charge is 0.306 e.